The van der Waals surface area contributed by atoms with Crippen LogP contribution in [0.5, 0.6) is 5.75 Å². The summed E-state index contributed by atoms with van der Waals surface area (Å²) in [6.45, 7) is 1.73. The summed E-state index contributed by atoms with van der Waals surface area (Å²) >= 11 is 1.06. The fraction of sp³-hybridized carbons (Fsp3) is 0.105. The highest BCUT2D eigenvalue weighted by molar-refractivity contribution is 7.94. The number of carbonyl (C=O) groups is 1. The van der Waals surface area contributed by atoms with Gasteiger partial charge in [0.15, 0.2) is 0 Å². The van der Waals surface area contributed by atoms with Crippen LogP contribution in [0.4, 0.5) is 10.1 Å². The van der Waals surface area contributed by atoms with Gasteiger partial charge in [0.1, 0.15) is 15.8 Å². The van der Waals surface area contributed by atoms with Gasteiger partial charge in [0.25, 0.3) is 15.9 Å². The summed E-state index contributed by atoms with van der Waals surface area (Å²) in [6, 6.07) is 11.6. The van der Waals surface area contributed by atoms with Gasteiger partial charge >= 0.3 is 0 Å². The van der Waals surface area contributed by atoms with E-state index in [1.165, 1.54) is 24.3 Å². The lowest BCUT2D eigenvalue weighted by molar-refractivity contribution is 0.0948. The van der Waals surface area contributed by atoms with Crippen molar-refractivity contribution >= 4 is 33.0 Å². The van der Waals surface area contributed by atoms with Crippen molar-refractivity contribution in [3.63, 3.8) is 0 Å². The summed E-state index contributed by atoms with van der Waals surface area (Å²) in [5.41, 5.74) is 1.19. The van der Waals surface area contributed by atoms with E-state index in [0.717, 1.165) is 17.4 Å². The zero-order chi connectivity index (χ0) is 20.3. The summed E-state index contributed by atoms with van der Waals surface area (Å²) in [5, 5.41) is 14.3. The number of sulfonamides is 1. The number of halogens is 1. The van der Waals surface area contributed by atoms with E-state index in [0.29, 0.717) is 11.1 Å². The molecule has 1 heterocycles. The molecule has 0 saturated carbocycles. The molecule has 6 nitrogen and oxygen atoms in total. The molecule has 0 spiro atoms. The van der Waals surface area contributed by atoms with Gasteiger partial charge in [-0.05, 0) is 47.7 Å². The lowest BCUT2D eigenvalue weighted by Crippen LogP contribution is -2.23. The Kier molecular flexibility index (Phi) is 5.66. The first kappa shape index (κ1) is 19.8. The largest absolute Gasteiger partial charge is 0.507 e. The van der Waals surface area contributed by atoms with Crippen LogP contribution >= 0.6 is 11.3 Å². The summed E-state index contributed by atoms with van der Waals surface area (Å²) < 4.78 is 40.5. The van der Waals surface area contributed by atoms with Crippen molar-refractivity contribution in [3.8, 4) is 5.75 Å². The predicted octanol–water partition coefficient (Wildman–Crippen LogP) is 3.63. The molecule has 0 radical (unpaired) electrons. The van der Waals surface area contributed by atoms with Crippen molar-refractivity contribution in [2.24, 2.45) is 0 Å². The van der Waals surface area contributed by atoms with Gasteiger partial charge in [-0.1, -0.05) is 18.2 Å². The van der Waals surface area contributed by atoms with Crippen LogP contribution in [-0.4, -0.2) is 19.4 Å². The number of nitrogens with one attached hydrogen (secondary N) is 2. The third-order valence-corrected chi connectivity index (χ3v) is 6.72. The van der Waals surface area contributed by atoms with Crippen LogP contribution in [0.2, 0.25) is 0 Å². The van der Waals surface area contributed by atoms with Gasteiger partial charge in [-0.3, -0.25) is 9.52 Å². The van der Waals surface area contributed by atoms with Gasteiger partial charge in [0.2, 0.25) is 0 Å². The standard InChI is InChI=1S/C19H17FN2O4S2/c1-12-4-5-13(9-16(12)20)11-21-19(24)15-7-6-14(10-17(15)23)22-28(25,26)18-3-2-8-27-18/h2-10,22-23H,11H2,1H3,(H,21,24). The molecule has 0 atom stereocenters. The minimum atomic E-state index is -3.75. The number of phenolic OH excluding ortho intramolecular Hbond substituents is 1. The molecule has 0 fully saturated rings. The van der Waals surface area contributed by atoms with E-state index in [2.05, 4.69) is 10.0 Å². The number of aryl methyl sites for hydroxylation is 1. The summed E-state index contributed by atoms with van der Waals surface area (Å²) in [5.74, 6) is -1.30. The van der Waals surface area contributed by atoms with Crippen LogP contribution in [0.1, 0.15) is 21.5 Å². The molecule has 0 aliphatic heterocycles. The smallest absolute Gasteiger partial charge is 0.271 e. The van der Waals surface area contributed by atoms with E-state index in [1.54, 1.807) is 30.5 Å². The molecule has 9 heteroatoms. The number of aromatic hydroxyl groups is 1. The molecule has 0 aliphatic carbocycles. The third kappa shape index (κ3) is 4.49. The third-order valence-electron chi connectivity index (χ3n) is 3.94. The van der Waals surface area contributed by atoms with Gasteiger partial charge in [-0.25, -0.2) is 12.8 Å². The Morgan fingerprint density at radius 2 is 1.96 bits per heavy atom. The minimum absolute atomic E-state index is 0.0216. The van der Waals surface area contributed by atoms with E-state index < -0.39 is 15.9 Å². The average Bonchev–Trinajstić information content (AvgIpc) is 3.18. The van der Waals surface area contributed by atoms with Crippen molar-refractivity contribution in [1.29, 1.82) is 0 Å². The maximum absolute atomic E-state index is 13.6. The first-order valence-electron chi connectivity index (χ1n) is 8.19. The Hall–Kier alpha value is -2.91. The number of thiophene rings is 1. The topological polar surface area (TPSA) is 95.5 Å². The molecule has 3 N–H and O–H groups in total. The highest BCUT2D eigenvalue weighted by Crippen LogP contribution is 2.25. The van der Waals surface area contributed by atoms with Crippen LogP contribution in [-0.2, 0) is 16.6 Å². The van der Waals surface area contributed by atoms with Crippen molar-refractivity contribution in [3.05, 3.63) is 76.4 Å². The number of amides is 1. The zero-order valence-corrected chi connectivity index (χ0v) is 16.4. The molecule has 0 aliphatic rings. The Labute approximate surface area is 165 Å². The van der Waals surface area contributed by atoms with Crippen LogP contribution < -0.4 is 10.0 Å². The Balaban J connectivity index is 1.69. The molecular formula is C19H17FN2O4S2. The van der Waals surface area contributed by atoms with Crippen molar-refractivity contribution in [1.82, 2.24) is 5.32 Å². The summed E-state index contributed by atoms with van der Waals surface area (Å²) in [7, 11) is -3.75. The number of phenols is 1. The minimum Gasteiger partial charge on any atom is -0.507 e. The Bertz CT molecular complexity index is 1110. The van der Waals surface area contributed by atoms with E-state index >= 15 is 0 Å². The molecule has 0 saturated heterocycles. The molecule has 1 amide bonds. The Morgan fingerprint density at radius 1 is 1.18 bits per heavy atom. The molecule has 1 aromatic heterocycles. The lowest BCUT2D eigenvalue weighted by atomic mass is 10.1. The number of rotatable bonds is 6. The normalized spacial score (nSPS) is 11.2. The quantitative estimate of drug-likeness (QED) is 0.567. The maximum atomic E-state index is 13.6. The van der Waals surface area contributed by atoms with Crippen molar-refractivity contribution in [2.75, 3.05) is 4.72 Å². The fourth-order valence-corrected chi connectivity index (χ4v) is 4.48. The second-order valence-electron chi connectivity index (χ2n) is 6.04. The lowest BCUT2D eigenvalue weighted by Gasteiger charge is -2.10. The van der Waals surface area contributed by atoms with Crippen LogP contribution in [0, 0.1) is 12.7 Å². The maximum Gasteiger partial charge on any atom is 0.271 e. The number of carbonyl (C=O) groups excluding carboxylic acids is 1. The summed E-state index contributed by atoms with van der Waals surface area (Å²) in [6.07, 6.45) is 0. The van der Waals surface area contributed by atoms with Crippen LogP contribution in [0.15, 0.2) is 58.1 Å². The van der Waals surface area contributed by atoms with Gasteiger partial charge in [0.05, 0.1) is 11.3 Å². The first-order chi connectivity index (χ1) is 13.3. The molecule has 28 heavy (non-hydrogen) atoms. The summed E-state index contributed by atoms with van der Waals surface area (Å²) in [4.78, 5) is 12.3. The van der Waals surface area contributed by atoms with Crippen molar-refractivity contribution < 1.29 is 22.7 Å². The van der Waals surface area contributed by atoms with Gasteiger partial charge < -0.3 is 10.4 Å². The number of hydrogen-bond acceptors (Lipinski definition) is 5. The number of hydrogen-bond donors (Lipinski definition) is 3. The van der Waals surface area contributed by atoms with Gasteiger partial charge in [-0.2, -0.15) is 0 Å². The predicted molar refractivity (Wildman–Crippen MR) is 106 cm³/mol. The van der Waals surface area contributed by atoms with Gasteiger partial charge in [0, 0.05) is 12.6 Å². The number of anilines is 1. The first-order valence-corrected chi connectivity index (χ1v) is 10.5. The van der Waals surface area contributed by atoms with Gasteiger partial charge in [-0.15, -0.1) is 11.3 Å². The van der Waals surface area contributed by atoms with Crippen LogP contribution in [0.3, 0.4) is 0 Å². The fourth-order valence-electron chi connectivity index (χ4n) is 2.43. The van der Waals surface area contributed by atoms with E-state index in [4.69, 9.17) is 0 Å². The highest BCUT2D eigenvalue weighted by atomic mass is 32.2. The highest BCUT2D eigenvalue weighted by Gasteiger charge is 2.17. The molecule has 2 aromatic carbocycles. The SMILES string of the molecule is Cc1ccc(CNC(=O)c2ccc(NS(=O)(=O)c3cccs3)cc2O)cc1F. The van der Waals surface area contributed by atoms with Crippen LogP contribution in [0.25, 0.3) is 0 Å². The molecular weight excluding hydrogens is 403 g/mol. The molecule has 3 rings (SSSR count). The monoisotopic (exact) mass is 420 g/mol. The van der Waals surface area contributed by atoms with E-state index in [1.807, 2.05) is 0 Å². The second-order valence-corrected chi connectivity index (χ2v) is 8.89. The molecule has 3 aromatic rings. The van der Waals surface area contributed by atoms with Crippen molar-refractivity contribution in [2.45, 2.75) is 17.7 Å². The molecule has 146 valence electrons. The molecule has 0 bridgehead atoms. The van der Waals surface area contributed by atoms with E-state index in [9.17, 15) is 22.7 Å². The Morgan fingerprint density at radius 3 is 2.61 bits per heavy atom. The molecule has 0 unspecified atom stereocenters. The van der Waals surface area contributed by atoms with E-state index in [-0.39, 0.29) is 33.6 Å². The zero-order valence-electron chi connectivity index (χ0n) is 14.8. The second kappa shape index (κ2) is 7.99. The number of benzene rings is 2. The average molecular weight is 420 g/mol.